The van der Waals surface area contributed by atoms with Crippen molar-refractivity contribution >= 4 is 23.0 Å². The van der Waals surface area contributed by atoms with Crippen molar-refractivity contribution in [3.8, 4) is 11.3 Å². The molecule has 7 nitrogen and oxygen atoms in total. The molecule has 186 valence electrons. The SMILES string of the molecule is CCc1c(-c2ccccc2C2=C(C)CC(C)=N2)nc2cc(C(N)=O)ccn12.OCCCCCCO. The zero-order valence-corrected chi connectivity index (χ0v) is 20.9. The van der Waals surface area contributed by atoms with Crippen molar-refractivity contribution in [3.05, 3.63) is 65.0 Å². The number of allylic oxidation sites excluding steroid dienone is 1. The number of pyridine rings is 1. The predicted molar refractivity (Wildman–Crippen MR) is 141 cm³/mol. The summed E-state index contributed by atoms with van der Waals surface area (Å²) in [4.78, 5) is 21.2. The Morgan fingerprint density at radius 3 is 2.23 bits per heavy atom. The lowest BCUT2D eigenvalue weighted by atomic mass is 9.98. The number of nitrogens with zero attached hydrogens (tertiary/aromatic N) is 3. The highest BCUT2D eigenvalue weighted by atomic mass is 16.3. The van der Waals surface area contributed by atoms with Gasteiger partial charge in [-0.15, -0.1) is 0 Å². The summed E-state index contributed by atoms with van der Waals surface area (Å²) in [6.45, 7) is 6.87. The third kappa shape index (κ3) is 6.24. The molecular weight excluding hydrogens is 440 g/mol. The molecular formula is C28H36N4O3. The number of imidazole rings is 1. The second-order valence-corrected chi connectivity index (χ2v) is 8.83. The van der Waals surface area contributed by atoms with E-state index in [2.05, 4.69) is 32.9 Å². The Bertz CT molecular complexity index is 1230. The summed E-state index contributed by atoms with van der Waals surface area (Å²) in [6.07, 6.45) is 7.43. The number of hydrogen-bond acceptors (Lipinski definition) is 5. The molecule has 1 amide bonds. The van der Waals surface area contributed by atoms with E-state index in [0.717, 1.165) is 78.1 Å². The van der Waals surface area contributed by atoms with Gasteiger partial charge in [-0.3, -0.25) is 9.79 Å². The molecule has 35 heavy (non-hydrogen) atoms. The number of primary amides is 1. The van der Waals surface area contributed by atoms with Gasteiger partial charge in [0.15, 0.2) is 0 Å². The van der Waals surface area contributed by atoms with E-state index in [1.807, 2.05) is 22.7 Å². The molecule has 1 aliphatic rings. The fourth-order valence-electron chi connectivity index (χ4n) is 4.36. The van der Waals surface area contributed by atoms with Gasteiger partial charge in [0.25, 0.3) is 0 Å². The Morgan fingerprint density at radius 2 is 1.69 bits per heavy atom. The molecule has 0 aliphatic carbocycles. The van der Waals surface area contributed by atoms with Gasteiger partial charge in [-0.2, -0.15) is 0 Å². The van der Waals surface area contributed by atoms with Gasteiger partial charge < -0.3 is 20.3 Å². The average Bonchev–Trinajstić information content (AvgIpc) is 3.40. The van der Waals surface area contributed by atoms with Crippen molar-refractivity contribution in [2.75, 3.05) is 13.2 Å². The number of rotatable bonds is 9. The van der Waals surface area contributed by atoms with Crippen LogP contribution in [0.1, 0.15) is 74.5 Å². The minimum absolute atomic E-state index is 0.283. The molecule has 2 aromatic heterocycles. The second-order valence-electron chi connectivity index (χ2n) is 8.83. The first-order valence-electron chi connectivity index (χ1n) is 12.3. The van der Waals surface area contributed by atoms with Crippen LogP contribution in [0.15, 0.2) is 53.2 Å². The van der Waals surface area contributed by atoms with Gasteiger partial charge in [-0.1, -0.05) is 44.0 Å². The number of aliphatic imine (C=N–C) groups is 1. The zero-order chi connectivity index (χ0) is 25.4. The number of fused-ring (bicyclic) bond motifs is 1. The Kier molecular flexibility index (Phi) is 9.34. The molecule has 0 unspecified atom stereocenters. The standard InChI is InChI=1S/C22H22N4O.C6H14O2/c1-4-18-21(25-19-12-15(22(23)27)9-10-26(18)19)17-8-6-5-7-16(17)20-13(2)11-14(3)24-20;7-5-3-1-2-4-6-8/h5-10,12H,4,11H2,1-3H3,(H2,23,27);7-8H,1-6H2. The fraction of sp³-hybridized carbons (Fsp3) is 0.393. The van der Waals surface area contributed by atoms with Gasteiger partial charge >= 0.3 is 0 Å². The molecule has 0 fully saturated rings. The van der Waals surface area contributed by atoms with E-state index in [4.69, 9.17) is 25.9 Å². The highest BCUT2D eigenvalue weighted by molar-refractivity contribution is 5.98. The minimum Gasteiger partial charge on any atom is -0.396 e. The van der Waals surface area contributed by atoms with Gasteiger partial charge in [-0.25, -0.2) is 4.98 Å². The van der Waals surface area contributed by atoms with Crippen LogP contribution in [0.5, 0.6) is 0 Å². The van der Waals surface area contributed by atoms with Crippen molar-refractivity contribution in [2.45, 2.75) is 59.3 Å². The van der Waals surface area contributed by atoms with Crippen molar-refractivity contribution in [3.63, 3.8) is 0 Å². The molecule has 0 bridgehead atoms. The summed E-state index contributed by atoms with van der Waals surface area (Å²) < 4.78 is 2.03. The van der Waals surface area contributed by atoms with Crippen LogP contribution in [0.3, 0.4) is 0 Å². The lowest BCUT2D eigenvalue weighted by Gasteiger charge is -2.10. The smallest absolute Gasteiger partial charge is 0.248 e. The summed E-state index contributed by atoms with van der Waals surface area (Å²) >= 11 is 0. The summed E-state index contributed by atoms with van der Waals surface area (Å²) in [5.74, 6) is -0.447. The third-order valence-corrected chi connectivity index (χ3v) is 6.08. The van der Waals surface area contributed by atoms with Crippen LogP contribution in [0.4, 0.5) is 0 Å². The van der Waals surface area contributed by atoms with Crippen LogP contribution in [-0.2, 0) is 6.42 Å². The Balaban J connectivity index is 0.000000371. The van der Waals surface area contributed by atoms with E-state index < -0.39 is 5.91 Å². The maximum atomic E-state index is 11.5. The number of unbranched alkanes of at least 4 members (excludes halogenated alkanes) is 3. The van der Waals surface area contributed by atoms with E-state index in [1.54, 1.807) is 12.1 Å². The second kappa shape index (κ2) is 12.4. The largest absolute Gasteiger partial charge is 0.396 e. The third-order valence-electron chi connectivity index (χ3n) is 6.08. The van der Waals surface area contributed by atoms with Crippen molar-refractivity contribution in [2.24, 2.45) is 10.7 Å². The molecule has 0 saturated heterocycles. The topological polar surface area (TPSA) is 113 Å². The molecule has 0 radical (unpaired) electrons. The lowest BCUT2D eigenvalue weighted by Crippen LogP contribution is -2.11. The minimum atomic E-state index is -0.447. The van der Waals surface area contributed by atoms with Crippen LogP contribution in [-0.4, -0.2) is 44.4 Å². The number of hydrogen-bond donors (Lipinski definition) is 3. The summed E-state index contributed by atoms with van der Waals surface area (Å²) in [6, 6.07) is 11.7. The molecule has 7 heteroatoms. The van der Waals surface area contributed by atoms with Crippen molar-refractivity contribution in [1.29, 1.82) is 0 Å². The number of carbonyl (C=O) groups is 1. The number of carbonyl (C=O) groups excluding carboxylic acids is 1. The van der Waals surface area contributed by atoms with Crippen LogP contribution in [0.2, 0.25) is 0 Å². The first kappa shape index (κ1) is 26.3. The quantitative estimate of drug-likeness (QED) is 0.385. The van der Waals surface area contributed by atoms with Crippen LogP contribution < -0.4 is 5.73 Å². The molecule has 1 aliphatic heterocycles. The summed E-state index contributed by atoms with van der Waals surface area (Å²) in [5, 5.41) is 16.6. The van der Waals surface area contributed by atoms with E-state index in [0.29, 0.717) is 5.56 Å². The van der Waals surface area contributed by atoms with E-state index in [1.165, 1.54) is 5.57 Å². The molecule has 0 atom stereocenters. The molecule has 1 aromatic carbocycles. The Labute approximate surface area is 207 Å². The molecule has 3 aromatic rings. The monoisotopic (exact) mass is 476 g/mol. The van der Waals surface area contributed by atoms with E-state index >= 15 is 0 Å². The molecule has 3 heterocycles. The van der Waals surface area contributed by atoms with Crippen LogP contribution in [0.25, 0.3) is 22.6 Å². The predicted octanol–water partition coefficient (Wildman–Crippen LogP) is 4.79. The number of amides is 1. The first-order valence-corrected chi connectivity index (χ1v) is 12.3. The number of aliphatic hydroxyl groups excluding tert-OH is 2. The first-order chi connectivity index (χ1) is 16.9. The van der Waals surface area contributed by atoms with Gasteiger partial charge in [-0.05, 0) is 50.8 Å². The van der Waals surface area contributed by atoms with Crippen molar-refractivity contribution in [1.82, 2.24) is 9.38 Å². The number of aryl methyl sites for hydroxylation is 1. The normalized spacial score (nSPS) is 13.1. The average molecular weight is 477 g/mol. The molecule has 0 spiro atoms. The van der Waals surface area contributed by atoms with Gasteiger partial charge in [0.05, 0.1) is 17.1 Å². The van der Waals surface area contributed by atoms with E-state index in [9.17, 15) is 4.79 Å². The summed E-state index contributed by atoms with van der Waals surface area (Å²) in [7, 11) is 0. The van der Waals surface area contributed by atoms with Gasteiger partial charge in [0, 0.05) is 48.2 Å². The number of aromatic nitrogens is 2. The fourth-order valence-corrected chi connectivity index (χ4v) is 4.36. The van der Waals surface area contributed by atoms with Gasteiger partial charge in [0.1, 0.15) is 5.65 Å². The molecule has 0 saturated carbocycles. The maximum absolute atomic E-state index is 11.5. The van der Waals surface area contributed by atoms with Crippen molar-refractivity contribution < 1.29 is 15.0 Å². The number of aliphatic hydroxyl groups is 2. The number of nitrogens with two attached hydrogens (primary N) is 1. The number of benzene rings is 1. The molecule has 4 rings (SSSR count). The van der Waals surface area contributed by atoms with E-state index in [-0.39, 0.29) is 13.2 Å². The summed E-state index contributed by atoms with van der Waals surface area (Å²) in [5.41, 5.74) is 14.3. The van der Waals surface area contributed by atoms with Crippen LogP contribution in [0, 0.1) is 0 Å². The zero-order valence-electron chi connectivity index (χ0n) is 20.9. The Hall–Kier alpha value is -3.29. The molecule has 4 N–H and O–H groups in total. The Morgan fingerprint density at radius 1 is 1.03 bits per heavy atom. The van der Waals surface area contributed by atoms with Gasteiger partial charge in [0.2, 0.25) is 5.91 Å². The lowest BCUT2D eigenvalue weighted by molar-refractivity contribution is 0.1000. The maximum Gasteiger partial charge on any atom is 0.248 e. The highest BCUT2D eigenvalue weighted by Crippen LogP contribution is 2.36. The highest BCUT2D eigenvalue weighted by Gasteiger charge is 2.21. The van der Waals surface area contributed by atoms with Crippen LogP contribution >= 0.6 is 0 Å².